The minimum atomic E-state index is -0.230. The van der Waals surface area contributed by atoms with Gasteiger partial charge >= 0.3 is 5.97 Å². The van der Waals surface area contributed by atoms with Crippen LogP contribution in [0.3, 0.4) is 0 Å². The van der Waals surface area contributed by atoms with Gasteiger partial charge in [0.2, 0.25) is 0 Å². The molecule has 5 heteroatoms. The molecule has 0 amide bonds. The van der Waals surface area contributed by atoms with E-state index in [1.165, 1.54) is 0 Å². The second-order valence-corrected chi connectivity index (χ2v) is 3.56. The molecule has 0 aliphatic carbocycles. The lowest BCUT2D eigenvalue weighted by Gasteiger charge is -2.10. The van der Waals surface area contributed by atoms with Crippen LogP contribution in [0.5, 0.6) is 0 Å². The zero-order valence-electron chi connectivity index (χ0n) is 9.19. The number of nitrogens with one attached hydrogen (secondary N) is 2. The molecule has 0 radical (unpaired) electrons. The fraction of sp³-hybridized carbons (Fsp3) is 0.455. The Morgan fingerprint density at radius 3 is 3.44 bits per heavy atom. The predicted octanol–water partition coefficient (Wildman–Crippen LogP) is 0.701. The summed E-state index contributed by atoms with van der Waals surface area (Å²) in [5.74, 6) is -0.230. The van der Waals surface area contributed by atoms with Gasteiger partial charge in [0, 0.05) is 12.7 Å². The third-order valence-corrected chi connectivity index (χ3v) is 2.46. The summed E-state index contributed by atoms with van der Waals surface area (Å²) in [6.45, 7) is 3.19. The fourth-order valence-electron chi connectivity index (χ4n) is 1.74. The van der Waals surface area contributed by atoms with Gasteiger partial charge in [0.1, 0.15) is 0 Å². The molecule has 1 atom stereocenters. The summed E-state index contributed by atoms with van der Waals surface area (Å²) < 4.78 is 4.85. The molecule has 2 heterocycles. The molecule has 86 valence electrons. The Hall–Kier alpha value is -1.62. The van der Waals surface area contributed by atoms with E-state index in [9.17, 15) is 4.79 Å². The zero-order chi connectivity index (χ0) is 11.4. The first-order valence-electron chi connectivity index (χ1n) is 5.39. The first kappa shape index (κ1) is 10.9. The summed E-state index contributed by atoms with van der Waals surface area (Å²) in [4.78, 5) is 15.5. The number of anilines is 1. The lowest BCUT2D eigenvalue weighted by molar-refractivity contribution is -0.142. The molecule has 2 rings (SSSR count). The number of carbonyl (C=O) groups excluding carboxylic acids is 1. The highest BCUT2D eigenvalue weighted by atomic mass is 16.5. The number of nitrogens with zero attached hydrogens (tertiary/aromatic N) is 1. The van der Waals surface area contributed by atoms with E-state index in [1.807, 2.05) is 12.1 Å². The molecular weight excluding hydrogens is 206 g/mol. The number of carbonyl (C=O) groups is 1. The molecular formula is C11H15N3O2. The van der Waals surface area contributed by atoms with Crippen molar-refractivity contribution in [3.05, 3.63) is 24.0 Å². The Kier molecular flexibility index (Phi) is 3.36. The monoisotopic (exact) mass is 221 g/mol. The topological polar surface area (TPSA) is 63.2 Å². The Morgan fingerprint density at radius 1 is 1.75 bits per heavy atom. The highest BCUT2D eigenvalue weighted by molar-refractivity contribution is 5.71. The van der Waals surface area contributed by atoms with Crippen LogP contribution in [0.25, 0.3) is 0 Å². The first-order valence-corrected chi connectivity index (χ1v) is 5.39. The van der Waals surface area contributed by atoms with Crippen molar-refractivity contribution in [1.29, 1.82) is 0 Å². The minimum absolute atomic E-state index is 0.0839. The molecule has 1 aromatic rings. The molecule has 0 fully saturated rings. The Bertz CT molecular complexity index is 381. The number of ether oxygens (including phenoxy) is 1. The summed E-state index contributed by atoms with van der Waals surface area (Å²) >= 11 is 0. The second-order valence-electron chi connectivity index (χ2n) is 3.56. The Labute approximate surface area is 94.2 Å². The fourth-order valence-corrected chi connectivity index (χ4v) is 1.74. The quantitative estimate of drug-likeness (QED) is 0.733. The van der Waals surface area contributed by atoms with E-state index in [2.05, 4.69) is 15.6 Å². The van der Waals surface area contributed by atoms with Crippen LogP contribution in [0.2, 0.25) is 0 Å². The highest BCUT2D eigenvalue weighted by Gasteiger charge is 2.23. The lowest BCUT2D eigenvalue weighted by atomic mass is 10.2. The van der Waals surface area contributed by atoms with Crippen molar-refractivity contribution in [2.75, 3.05) is 25.0 Å². The smallest absolute Gasteiger partial charge is 0.319 e. The molecule has 0 spiro atoms. The van der Waals surface area contributed by atoms with E-state index in [1.54, 1.807) is 13.1 Å². The van der Waals surface area contributed by atoms with Gasteiger partial charge in [-0.2, -0.15) is 0 Å². The van der Waals surface area contributed by atoms with Crippen molar-refractivity contribution in [1.82, 2.24) is 10.3 Å². The normalized spacial score (nSPS) is 17.7. The first-order chi connectivity index (χ1) is 7.81. The van der Waals surface area contributed by atoms with Crippen molar-refractivity contribution in [3.8, 4) is 0 Å². The molecule has 5 nitrogen and oxygen atoms in total. The summed E-state index contributed by atoms with van der Waals surface area (Å²) in [7, 11) is 0. The Balaban J connectivity index is 1.91. The molecule has 0 bridgehead atoms. The van der Waals surface area contributed by atoms with Crippen LogP contribution in [0.1, 0.15) is 18.7 Å². The molecule has 2 N–H and O–H groups in total. The highest BCUT2D eigenvalue weighted by Crippen LogP contribution is 2.26. The lowest BCUT2D eigenvalue weighted by Crippen LogP contribution is -2.30. The molecule has 1 aliphatic rings. The molecule has 0 saturated carbocycles. The number of hydrogen-bond acceptors (Lipinski definition) is 5. The maximum atomic E-state index is 11.2. The minimum Gasteiger partial charge on any atom is -0.465 e. The van der Waals surface area contributed by atoms with Gasteiger partial charge in [0.05, 0.1) is 30.6 Å². The van der Waals surface area contributed by atoms with E-state index < -0.39 is 0 Å². The van der Waals surface area contributed by atoms with Crippen molar-refractivity contribution in [2.24, 2.45) is 0 Å². The van der Waals surface area contributed by atoms with E-state index >= 15 is 0 Å². The molecule has 1 unspecified atom stereocenters. The molecule has 1 aromatic heterocycles. The van der Waals surface area contributed by atoms with Crippen LogP contribution in [-0.4, -0.2) is 30.6 Å². The van der Waals surface area contributed by atoms with Gasteiger partial charge < -0.3 is 10.1 Å². The Morgan fingerprint density at radius 2 is 2.62 bits per heavy atom. The maximum Gasteiger partial charge on any atom is 0.319 e. The SMILES string of the molecule is CCOC(=O)CNC1CNc2cccnc21. The predicted molar refractivity (Wildman–Crippen MR) is 60.1 cm³/mol. The van der Waals surface area contributed by atoms with Crippen LogP contribution >= 0.6 is 0 Å². The van der Waals surface area contributed by atoms with Crippen LogP contribution in [0, 0.1) is 0 Å². The maximum absolute atomic E-state index is 11.2. The number of esters is 1. The number of rotatable bonds is 4. The van der Waals surface area contributed by atoms with E-state index in [0.29, 0.717) is 6.61 Å². The summed E-state index contributed by atoms with van der Waals surface area (Å²) in [5.41, 5.74) is 2.00. The largest absolute Gasteiger partial charge is 0.465 e. The summed E-state index contributed by atoms with van der Waals surface area (Å²) in [6, 6.07) is 3.95. The van der Waals surface area contributed by atoms with Gasteiger partial charge in [0.15, 0.2) is 0 Å². The van der Waals surface area contributed by atoms with Crippen LogP contribution in [0.4, 0.5) is 5.69 Å². The zero-order valence-corrected chi connectivity index (χ0v) is 9.19. The van der Waals surface area contributed by atoms with Crippen molar-refractivity contribution < 1.29 is 9.53 Å². The van der Waals surface area contributed by atoms with Crippen LogP contribution < -0.4 is 10.6 Å². The standard InChI is InChI=1S/C11H15N3O2/c1-2-16-10(15)7-14-9-6-13-8-4-3-5-12-11(8)9/h3-5,9,13-14H,2,6-7H2,1H3. The number of hydrogen-bond donors (Lipinski definition) is 2. The van der Waals surface area contributed by atoms with E-state index in [-0.39, 0.29) is 18.6 Å². The molecule has 0 aromatic carbocycles. The van der Waals surface area contributed by atoms with Gasteiger partial charge in [-0.25, -0.2) is 0 Å². The molecule has 16 heavy (non-hydrogen) atoms. The molecule has 1 aliphatic heterocycles. The summed E-state index contributed by atoms with van der Waals surface area (Å²) in [6.07, 6.45) is 1.75. The van der Waals surface area contributed by atoms with Gasteiger partial charge in [0.25, 0.3) is 0 Å². The number of pyridine rings is 1. The van der Waals surface area contributed by atoms with Gasteiger partial charge in [-0.1, -0.05) is 0 Å². The van der Waals surface area contributed by atoms with Gasteiger partial charge in [-0.15, -0.1) is 0 Å². The van der Waals surface area contributed by atoms with Crippen molar-refractivity contribution >= 4 is 11.7 Å². The average molecular weight is 221 g/mol. The van der Waals surface area contributed by atoms with E-state index in [0.717, 1.165) is 17.9 Å². The second kappa shape index (κ2) is 4.94. The van der Waals surface area contributed by atoms with Crippen molar-refractivity contribution in [2.45, 2.75) is 13.0 Å². The van der Waals surface area contributed by atoms with Gasteiger partial charge in [-0.3, -0.25) is 15.1 Å². The third kappa shape index (κ3) is 2.30. The number of aromatic nitrogens is 1. The van der Waals surface area contributed by atoms with Crippen LogP contribution in [-0.2, 0) is 9.53 Å². The average Bonchev–Trinajstić information content (AvgIpc) is 2.70. The van der Waals surface area contributed by atoms with E-state index in [4.69, 9.17) is 4.74 Å². The number of fused-ring (bicyclic) bond motifs is 1. The van der Waals surface area contributed by atoms with Gasteiger partial charge in [-0.05, 0) is 19.1 Å². The van der Waals surface area contributed by atoms with Crippen LogP contribution in [0.15, 0.2) is 18.3 Å². The third-order valence-electron chi connectivity index (χ3n) is 2.46. The molecule has 0 saturated heterocycles. The van der Waals surface area contributed by atoms with Crippen molar-refractivity contribution in [3.63, 3.8) is 0 Å². The summed E-state index contributed by atoms with van der Waals surface area (Å²) in [5, 5.41) is 6.35.